The Kier molecular flexibility index (Phi) is 6.52. The summed E-state index contributed by atoms with van der Waals surface area (Å²) < 4.78 is 6.65. The smallest absolute Gasteiger partial charge is 0.144 e. The number of aromatic nitrogens is 3. The topological polar surface area (TPSA) is 51.8 Å². The molecule has 11 rings (SSSR count). The van der Waals surface area contributed by atoms with E-state index in [1.807, 2.05) is 42.7 Å². The van der Waals surface area contributed by atoms with E-state index in [1.54, 1.807) is 0 Å². The maximum atomic E-state index is 6.65. The van der Waals surface area contributed by atoms with Crippen LogP contribution in [0.1, 0.15) is 0 Å². The summed E-state index contributed by atoms with van der Waals surface area (Å²) in [5, 5.41) is 10.1. The first kappa shape index (κ1) is 29.5. The monoisotopic (exact) mass is 675 g/mol. The quantitative estimate of drug-likeness (QED) is 0.138. The van der Waals surface area contributed by atoms with Gasteiger partial charge in [-0.05, 0) is 75.1 Å². The van der Waals surface area contributed by atoms with Gasteiger partial charge in [0.25, 0.3) is 0 Å². The van der Waals surface area contributed by atoms with Crippen molar-refractivity contribution in [3.05, 3.63) is 176 Å². The molecule has 53 heavy (non-hydrogen) atoms. The lowest BCUT2D eigenvalue weighted by Gasteiger charge is -2.18. The van der Waals surface area contributed by atoms with E-state index >= 15 is 0 Å². The van der Waals surface area contributed by atoms with Crippen molar-refractivity contribution in [2.75, 3.05) is 0 Å². The van der Waals surface area contributed by atoms with Gasteiger partial charge in [-0.15, -0.1) is 0 Å². The van der Waals surface area contributed by atoms with Crippen molar-refractivity contribution >= 4 is 65.2 Å². The van der Waals surface area contributed by atoms with Crippen molar-refractivity contribution in [1.29, 1.82) is 0 Å². The number of pyridine rings is 3. The largest absolute Gasteiger partial charge is 0.455 e. The van der Waals surface area contributed by atoms with Gasteiger partial charge in [-0.3, -0.25) is 4.98 Å². The van der Waals surface area contributed by atoms with Crippen molar-refractivity contribution in [3.63, 3.8) is 0 Å². The number of para-hydroxylation sites is 1. The molecule has 0 atom stereocenters. The predicted octanol–water partition coefficient (Wildman–Crippen LogP) is 13.1. The van der Waals surface area contributed by atoms with E-state index in [9.17, 15) is 0 Å². The molecule has 11 aromatic rings. The van der Waals surface area contributed by atoms with E-state index < -0.39 is 0 Å². The summed E-state index contributed by atoms with van der Waals surface area (Å²) >= 11 is 0. The number of hydrogen-bond donors (Lipinski definition) is 0. The third kappa shape index (κ3) is 4.59. The van der Waals surface area contributed by atoms with E-state index in [0.717, 1.165) is 93.7 Å². The van der Waals surface area contributed by atoms with Crippen molar-refractivity contribution in [1.82, 2.24) is 15.0 Å². The van der Waals surface area contributed by atoms with Crippen LogP contribution in [-0.4, -0.2) is 15.0 Å². The molecular formula is C49H29N3O. The summed E-state index contributed by atoms with van der Waals surface area (Å²) in [5.74, 6) is 0. The Balaban J connectivity index is 1.20. The normalized spacial score (nSPS) is 11.8. The Labute approximate surface area is 304 Å². The fraction of sp³-hybridized carbons (Fsp3) is 0. The predicted molar refractivity (Wildman–Crippen MR) is 219 cm³/mol. The van der Waals surface area contributed by atoms with E-state index in [1.165, 1.54) is 16.3 Å². The van der Waals surface area contributed by atoms with Gasteiger partial charge in [0.05, 0.1) is 22.6 Å². The zero-order valence-electron chi connectivity index (χ0n) is 28.5. The maximum Gasteiger partial charge on any atom is 0.144 e. The minimum Gasteiger partial charge on any atom is -0.455 e. The maximum absolute atomic E-state index is 6.65. The Morgan fingerprint density at radius 1 is 0.377 bits per heavy atom. The molecular weight excluding hydrogens is 647 g/mol. The molecule has 0 saturated heterocycles. The van der Waals surface area contributed by atoms with Gasteiger partial charge in [0.2, 0.25) is 0 Å². The summed E-state index contributed by atoms with van der Waals surface area (Å²) in [4.78, 5) is 14.9. The van der Waals surface area contributed by atoms with Crippen LogP contribution in [0.25, 0.3) is 110 Å². The van der Waals surface area contributed by atoms with Crippen LogP contribution in [0.3, 0.4) is 0 Å². The van der Waals surface area contributed by atoms with Crippen LogP contribution >= 0.6 is 0 Å². The highest BCUT2D eigenvalue weighted by Crippen LogP contribution is 2.46. The molecule has 0 aliphatic heterocycles. The zero-order chi connectivity index (χ0) is 34.9. The van der Waals surface area contributed by atoms with Crippen molar-refractivity contribution in [2.24, 2.45) is 0 Å². The Bertz CT molecular complexity index is 3170. The highest BCUT2D eigenvalue weighted by Gasteiger charge is 2.21. The molecule has 4 heteroatoms. The highest BCUT2D eigenvalue weighted by atomic mass is 16.3. The minimum atomic E-state index is 0.886. The van der Waals surface area contributed by atoms with Crippen LogP contribution in [0.2, 0.25) is 0 Å². The molecule has 4 heterocycles. The van der Waals surface area contributed by atoms with Gasteiger partial charge >= 0.3 is 0 Å². The van der Waals surface area contributed by atoms with Gasteiger partial charge in [-0.25, -0.2) is 9.97 Å². The van der Waals surface area contributed by atoms with Gasteiger partial charge < -0.3 is 4.42 Å². The van der Waals surface area contributed by atoms with Crippen molar-refractivity contribution in [2.45, 2.75) is 0 Å². The SMILES string of the molecule is c1ccc(-c2nc3cc(-c4c5ccccc5c(-c5cccc(-c6ccncc6)n5)c5ccccc45)ccc3c3c2ccc2c4ccccc4oc23)cc1. The average Bonchev–Trinajstić information content (AvgIpc) is 3.62. The van der Waals surface area contributed by atoms with Crippen LogP contribution in [-0.2, 0) is 0 Å². The molecule has 0 aliphatic rings. The molecule has 4 aromatic heterocycles. The molecule has 4 nitrogen and oxygen atoms in total. The second-order valence-corrected chi connectivity index (χ2v) is 13.5. The summed E-state index contributed by atoms with van der Waals surface area (Å²) in [6, 6.07) is 57.6. The summed E-state index contributed by atoms with van der Waals surface area (Å²) in [6.07, 6.45) is 3.62. The van der Waals surface area contributed by atoms with Gasteiger partial charge in [0.1, 0.15) is 11.2 Å². The first-order valence-corrected chi connectivity index (χ1v) is 17.8. The first-order chi connectivity index (χ1) is 26.3. The standard InChI is InChI=1S/C49H29N3O/c1-2-11-31(12-3-1)48-40-24-23-38-33-13-8-9-20-44(33)53-49(38)47(40)39-22-21-32(29-43(39)52-48)45-34-14-4-6-16-36(34)46(37-17-7-5-15-35(37)45)42-19-10-18-41(51-42)30-25-27-50-28-26-30/h1-29H. The average molecular weight is 676 g/mol. The molecule has 0 unspecified atom stereocenters. The lowest BCUT2D eigenvalue weighted by Crippen LogP contribution is -1.94. The molecule has 0 fully saturated rings. The van der Waals surface area contributed by atoms with E-state index in [0.29, 0.717) is 0 Å². The van der Waals surface area contributed by atoms with E-state index in [2.05, 4.69) is 138 Å². The van der Waals surface area contributed by atoms with Crippen LogP contribution in [0, 0.1) is 0 Å². The van der Waals surface area contributed by atoms with Crippen LogP contribution in [0.15, 0.2) is 181 Å². The Morgan fingerprint density at radius 3 is 1.75 bits per heavy atom. The molecule has 0 aliphatic carbocycles. The van der Waals surface area contributed by atoms with Crippen molar-refractivity contribution in [3.8, 4) is 44.9 Å². The third-order valence-corrected chi connectivity index (χ3v) is 10.6. The number of furan rings is 1. The number of rotatable bonds is 4. The second-order valence-electron chi connectivity index (χ2n) is 13.5. The molecule has 0 N–H and O–H groups in total. The van der Waals surface area contributed by atoms with Crippen molar-refractivity contribution < 1.29 is 4.42 Å². The number of benzene rings is 7. The zero-order valence-corrected chi connectivity index (χ0v) is 28.5. The Morgan fingerprint density at radius 2 is 1.00 bits per heavy atom. The summed E-state index contributed by atoms with van der Waals surface area (Å²) in [6.45, 7) is 0. The van der Waals surface area contributed by atoms with Gasteiger partial charge in [-0.2, -0.15) is 0 Å². The minimum absolute atomic E-state index is 0.886. The molecule has 246 valence electrons. The summed E-state index contributed by atoms with van der Waals surface area (Å²) in [7, 11) is 0. The third-order valence-electron chi connectivity index (χ3n) is 10.6. The molecule has 0 spiro atoms. The number of fused-ring (bicyclic) bond motifs is 9. The van der Waals surface area contributed by atoms with Gasteiger partial charge in [-0.1, -0.05) is 121 Å². The van der Waals surface area contributed by atoms with E-state index in [4.69, 9.17) is 14.4 Å². The molecule has 0 saturated carbocycles. The molecule has 0 amide bonds. The van der Waals surface area contributed by atoms with Gasteiger partial charge in [0.15, 0.2) is 0 Å². The molecule has 0 radical (unpaired) electrons. The summed E-state index contributed by atoms with van der Waals surface area (Å²) in [5.41, 5.74) is 11.0. The van der Waals surface area contributed by atoms with Crippen LogP contribution in [0.5, 0.6) is 0 Å². The Hall–Kier alpha value is -7.17. The molecule has 0 bridgehead atoms. The second kappa shape index (κ2) is 11.7. The van der Waals surface area contributed by atoms with Crippen LogP contribution in [0.4, 0.5) is 0 Å². The fourth-order valence-electron chi connectivity index (χ4n) is 8.21. The van der Waals surface area contributed by atoms with E-state index in [-0.39, 0.29) is 0 Å². The number of hydrogen-bond acceptors (Lipinski definition) is 4. The van der Waals surface area contributed by atoms with Crippen LogP contribution < -0.4 is 0 Å². The fourth-order valence-corrected chi connectivity index (χ4v) is 8.21. The molecule has 7 aromatic carbocycles. The first-order valence-electron chi connectivity index (χ1n) is 17.8. The highest BCUT2D eigenvalue weighted by molar-refractivity contribution is 6.26. The van der Waals surface area contributed by atoms with Gasteiger partial charge in [0, 0.05) is 56.0 Å². The lowest BCUT2D eigenvalue weighted by molar-refractivity contribution is 0.673. The lowest BCUT2D eigenvalue weighted by atomic mass is 9.86. The number of nitrogens with zero attached hydrogens (tertiary/aromatic N) is 3.